The summed E-state index contributed by atoms with van der Waals surface area (Å²) in [6.45, 7) is 5.93. The maximum absolute atomic E-state index is 9.70. The summed E-state index contributed by atoms with van der Waals surface area (Å²) >= 11 is 0. The molecular weight excluding hydrogens is 260 g/mol. The Labute approximate surface area is 127 Å². The molecule has 0 saturated heterocycles. The fourth-order valence-corrected chi connectivity index (χ4v) is 2.49. The van der Waals surface area contributed by atoms with Gasteiger partial charge in [0, 0.05) is 31.8 Å². The van der Waals surface area contributed by atoms with Crippen molar-refractivity contribution in [3.05, 3.63) is 66.0 Å². The van der Waals surface area contributed by atoms with Gasteiger partial charge >= 0.3 is 0 Å². The molecule has 21 heavy (non-hydrogen) atoms. The normalized spacial score (nSPS) is 13.1. The van der Waals surface area contributed by atoms with Crippen LogP contribution in [-0.4, -0.2) is 23.2 Å². The Hall–Kier alpha value is -1.71. The predicted molar refractivity (Wildman–Crippen MR) is 86.0 cm³/mol. The van der Waals surface area contributed by atoms with E-state index < -0.39 is 0 Å². The van der Waals surface area contributed by atoms with E-state index in [0.29, 0.717) is 0 Å². The molecule has 1 aromatic heterocycles. The molecule has 0 amide bonds. The first-order valence-corrected chi connectivity index (χ1v) is 7.40. The van der Waals surface area contributed by atoms with E-state index in [1.54, 1.807) is 0 Å². The summed E-state index contributed by atoms with van der Waals surface area (Å²) < 4.78 is 0. The SMILES string of the molecule is CC(C)(CO)[C@H](CNCc1ccccn1)c1ccccc1. The van der Waals surface area contributed by atoms with Crippen LogP contribution in [0.25, 0.3) is 0 Å². The van der Waals surface area contributed by atoms with Gasteiger partial charge in [0.25, 0.3) is 0 Å². The summed E-state index contributed by atoms with van der Waals surface area (Å²) in [7, 11) is 0. The number of hydrogen-bond acceptors (Lipinski definition) is 3. The van der Waals surface area contributed by atoms with Crippen molar-refractivity contribution in [1.29, 1.82) is 0 Å². The predicted octanol–water partition coefficient (Wildman–Crippen LogP) is 2.97. The molecule has 0 aliphatic heterocycles. The van der Waals surface area contributed by atoms with Crippen LogP contribution < -0.4 is 5.32 Å². The van der Waals surface area contributed by atoms with Crippen molar-refractivity contribution in [2.45, 2.75) is 26.3 Å². The van der Waals surface area contributed by atoms with Crippen LogP contribution in [-0.2, 0) is 6.54 Å². The standard InChI is InChI=1S/C18H24N2O/c1-18(2,14-21)17(15-8-4-3-5-9-15)13-19-12-16-10-6-7-11-20-16/h3-11,17,19,21H,12-14H2,1-2H3/t17-/m1/s1. The number of aliphatic hydroxyl groups is 1. The van der Waals surface area contributed by atoms with Gasteiger partial charge in [0.2, 0.25) is 0 Å². The molecule has 2 rings (SSSR count). The molecule has 0 spiro atoms. The van der Waals surface area contributed by atoms with E-state index >= 15 is 0 Å². The van der Waals surface area contributed by atoms with Gasteiger partial charge in [-0.1, -0.05) is 50.2 Å². The third-order valence-corrected chi connectivity index (χ3v) is 3.93. The second-order valence-electron chi connectivity index (χ2n) is 6.06. The summed E-state index contributed by atoms with van der Waals surface area (Å²) in [6.07, 6.45) is 1.81. The number of nitrogens with one attached hydrogen (secondary N) is 1. The summed E-state index contributed by atoms with van der Waals surface area (Å²) in [4.78, 5) is 4.32. The first kappa shape index (κ1) is 15.7. The lowest BCUT2D eigenvalue weighted by atomic mass is 9.75. The summed E-state index contributed by atoms with van der Waals surface area (Å²) in [6, 6.07) is 16.3. The molecule has 0 aliphatic rings. The molecule has 0 saturated carbocycles. The second kappa shape index (κ2) is 7.34. The van der Waals surface area contributed by atoms with E-state index in [1.165, 1.54) is 5.56 Å². The number of aromatic nitrogens is 1. The molecule has 2 aromatic rings. The van der Waals surface area contributed by atoms with E-state index in [2.05, 4.69) is 48.4 Å². The Kier molecular flexibility index (Phi) is 5.48. The zero-order valence-electron chi connectivity index (χ0n) is 12.8. The minimum Gasteiger partial charge on any atom is -0.396 e. The first-order valence-electron chi connectivity index (χ1n) is 7.40. The van der Waals surface area contributed by atoms with Gasteiger partial charge in [-0.25, -0.2) is 0 Å². The van der Waals surface area contributed by atoms with Gasteiger partial charge in [-0.05, 0) is 23.1 Å². The van der Waals surface area contributed by atoms with Crippen LogP contribution in [0.5, 0.6) is 0 Å². The molecule has 1 atom stereocenters. The molecule has 1 aromatic carbocycles. The summed E-state index contributed by atoms with van der Waals surface area (Å²) in [5.41, 5.74) is 2.12. The van der Waals surface area contributed by atoms with Gasteiger partial charge in [-0.2, -0.15) is 0 Å². The number of benzene rings is 1. The van der Waals surface area contributed by atoms with Crippen LogP contribution in [0.15, 0.2) is 54.7 Å². The van der Waals surface area contributed by atoms with E-state index in [1.807, 2.05) is 30.5 Å². The van der Waals surface area contributed by atoms with Crippen LogP contribution in [0, 0.1) is 5.41 Å². The highest BCUT2D eigenvalue weighted by Crippen LogP contribution is 2.34. The lowest BCUT2D eigenvalue weighted by Crippen LogP contribution is -2.34. The number of rotatable bonds is 7. The average Bonchev–Trinajstić information content (AvgIpc) is 2.53. The zero-order chi connectivity index (χ0) is 15.1. The maximum atomic E-state index is 9.70. The molecule has 0 fully saturated rings. The number of pyridine rings is 1. The monoisotopic (exact) mass is 284 g/mol. The third kappa shape index (κ3) is 4.38. The van der Waals surface area contributed by atoms with E-state index in [0.717, 1.165) is 18.8 Å². The highest BCUT2D eigenvalue weighted by atomic mass is 16.3. The van der Waals surface area contributed by atoms with Gasteiger partial charge in [0.15, 0.2) is 0 Å². The Morgan fingerprint density at radius 3 is 2.43 bits per heavy atom. The molecule has 1 heterocycles. The van der Waals surface area contributed by atoms with Crippen molar-refractivity contribution >= 4 is 0 Å². The molecule has 112 valence electrons. The maximum Gasteiger partial charge on any atom is 0.0541 e. The molecule has 0 radical (unpaired) electrons. The third-order valence-electron chi connectivity index (χ3n) is 3.93. The highest BCUT2D eigenvalue weighted by Gasteiger charge is 2.29. The zero-order valence-corrected chi connectivity index (χ0v) is 12.8. The Morgan fingerprint density at radius 2 is 1.81 bits per heavy atom. The van der Waals surface area contributed by atoms with E-state index in [-0.39, 0.29) is 17.9 Å². The molecular formula is C18H24N2O. The Morgan fingerprint density at radius 1 is 1.10 bits per heavy atom. The van der Waals surface area contributed by atoms with Gasteiger partial charge in [0.05, 0.1) is 5.69 Å². The van der Waals surface area contributed by atoms with Crippen molar-refractivity contribution in [3.8, 4) is 0 Å². The number of hydrogen-bond donors (Lipinski definition) is 2. The molecule has 2 N–H and O–H groups in total. The smallest absolute Gasteiger partial charge is 0.0541 e. The van der Waals surface area contributed by atoms with E-state index in [4.69, 9.17) is 0 Å². The summed E-state index contributed by atoms with van der Waals surface area (Å²) in [5.74, 6) is 0.257. The van der Waals surface area contributed by atoms with Crippen LogP contribution >= 0.6 is 0 Å². The van der Waals surface area contributed by atoms with Gasteiger partial charge in [-0.15, -0.1) is 0 Å². The second-order valence-corrected chi connectivity index (χ2v) is 6.06. The summed E-state index contributed by atoms with van der Waals surface area (Å²) in [5, 5.41) is 13.2. The van der Waals surface area contributed by atoms with Crippen LogP contribution in [0.2, 0.25) is 0 Å². The van der Waals surface area contributed by atoms with Gasteiger partial charge in [-0.3, -0.25) is 4.98 Å². The first-order chi connectivity index (χ1) is 10.1. The van der Waals surface area contributed by atoms with Crippen molar-refractivity contribution in [2.24, 2.45) is 5.41 Å². The fourth-order valence-electron chi connectivity index (χ4n) is 2.49. The van der Waals surface area contributed by atoms with Crippen molar-refractivity contribution in [2.75, 3.05) is 13.2 Å². The van der Waals surface area contributed by atoms with Crippen LogP contribution in [0.1, 0.15) is 31.0 Å². The van der Waals surface area contributed by atoms with Crippen molar-refractivity contribution in [1.82, 2.24) is 10.3 Å². The Balaban J connectivity index is 2.03. The van der Waals surface area contributed by atoms with Crippen molar-refractivity contribution < 1.29 is 5.11 Å². The topological polar surface area (TPSA) is 45.1 Å². The molecule has 3 nitrogen and oxygen atoms in total. The number of nitrogens with zero attached hydrogens (tertiary/aromatic N) is 1. The highest BCUT2D eigenvalue weighted by molar-refractivity contribution is 5.22. The van der Waals surface area contributed by atoms with Crippen LogP contribution in [0.4, 0.5) is 0 Å². The minimum absolute atomic E-state index is 0.165. The van der Waals surface area contributed by atoms with Crippen molar-refractivity contribution in [3.63, 3.8) is 0 Å². The lowest BCUT2D eigenvalue weighted by Gasteiger charge is -2.33. The average molecular weight is 284 g/mol. The fraction of sp³-hybridized carbons (Fsp3) is 0.389. The molecule has 0 unspecified atom stereocenters. The largest absolute Gasteiger partial charge is 0.396 e. The molecule has 3 heteroatoms. The molecule has 0 bridgehead atoms. The van der Waals surface area contributed by atoms with E-state index in [9.17, 15) is 5.11 Å². The lowest BCUT2D eigenvalue weighted by molar-refractivity contribution is 0.129. The Bertz CT molecular complexity index is 525. The van der Waals surface area contributed by atoms with Crippen LogP contribution in [0.3, 0.4) is 0 Å². The number of aliphatic hydroxyl groups excluding tert-OH is 1. The minimum atomic E-state index is -0.168. The van der Waals surface area contributed by atoms with Gasteiger partial charge < -0.3 is 10.4 Å². The van der Waals surface area contributed by atoms with Gasteiger partial charge in [0.1, 0.15) is 0 Å². The quantitative estimate of drug-likeness (QED) is 0.821. The molecule has 0 aliphatic carbocycles.